The second-order valence-electron chi connectivity index (χ2n) is 12.2. The van der Waals surface area contributed by atoms with Gasteiger partial charge in [0.15, 0.2) is 0 Å². The van der Waals surface area contributed by atoms with Crippen LogP contribution >= 0.6 is 0 Å². The lowest BCUT2D eigenvalue weighted by molar-refractivity contribution is -0.0662. The Hall–Kier alpha value is -0.300. The van der Waals surface area contributed by atoms with Crippen molar-refractivity contribution in [1.82, 2.24) is 0 Å². The van der Waals surface area contributed by atoms with Crippen LogP contribution in [0.5, 0.6) is 0 Å². The number of allylic oxidation sites excluding steroid dienone is 2. The third kappa shape index (κ3) is 3.66. The summed E-state index contributed by atoms with van der Waals surface area (Å²) in [6, 6.07) is 0. The first kappa shape index (κ1) is 21.9. The molecule has 0 saturated heterocycles. The molecular formula is C28H48O. The van der Waals surface area contributed by atoms with Crippen LogP contribution in [0.15, 0.2) is 11.6 Å². The molecule has 1 nitrogen and oxygen atoms in total. The molecule has 0 bridgehead atoms. The van der Waals surface area contributed by atoms with Gasteiger partial charge in [-0.2, -0.15) is 0 Å². The molecule has 4 rings (SSSR count). The molecule has 0 aromatic rings. The molecular weight excluding hydrogens is 352 g/mol. The maximum absolute atomic E-state index is 6.44. The van der Waals surface area contributed by atoms with Crippen molar-refractivity contribution < 1.29 is 4.74 Å². The third-order valence-corrected chi connectivity index (χ3v) is 10.5. The summed E-state index contributed by atoms with van der Waals surface area (Å²) in [5, 5.41) is 0. The molecule has 8 unspecified atom stereocenters. The topological polar surface area (TPSA) is 9.23 Å². The molecule has 8 atom stereocenters. The van der Waals surface area contributed by atoms with E-state index in [9.17, 15) is 0 Å². The molecule has 0 radical (unpaired) electrons. The smallest absolute Gasteiger partial charge is 0.0595 e. The Morgan fingerprint density at radius 3 is 2.55 bits per heavy atom. The molecule has 0 aromatic heterocycles. The van der Waals surface area contributed by atoms with Crippen LogP contribution in [0.2, 0.25) is 0 Å². The highest BCUT2D eigenvalue weighted by atomic mass is 16.5. The van der Waals surface area contributed by atoms with Crippen LogP contribution in [-0.2, 0) is 4.74 Å². The van der Waals surface area contributed by atoms with Crippen LogP contribution < -0.4 is 0 Å². The molecule has 1 heteroatoms. The van der Waals surface area contributed by atoms with E-state index in [0.717, 1.165) is 36.7 Å². The maximum atomic E-state index is 6.44. The second kappa shape index (κ2) is 8.33. The summed E-state index contributed by atoms with van der Waals surface area (Å²) in [6.45, 7) is 15.7. The van der Waals surface area contributed by atoms with Crippen molar-refractivity contribution in [2.24, 2.45) is 46.3 Å². The fourth-order valence-corrected chi connectivity index (χ4v) is 8.85. The number of hydrogen-bond acceptors (Lipinski definition) is 1. The van der Waals surface area contributed by atoms with E-state index in [-0.39, 0.29) is 0 Å². The Balaban J connectivity index is 1.47. The number of rotatable bonds is 6. The predicted molar refractivity (Wildman–Crippen MR) is 124 cm³/mol. The molecule has 166 valence electrons. The van der Waals surface area contributed by atoms with E-state index in [1.165, 1.54) is 57.8 Å². The zero-order chi connectivity index (χ0) is 20.8. The molecule has 29 heavy (non-hydrogen) atoms. The summed E-state index contributed by atoms with van der Waals surface area (Å²) in [6.07, 6.45) is 17.3. The van der Waals surface area contributed by atoms with Gasteiger partial charge >= 0.3 is 0 Å². The molecule has 4 aliphatic carbocycles. The van der Waals surface area contributed by atoms with Gasteiger partial charge in [0.25, 0.3) is 0 Å². The predicted octanol–water partition coefficient (Wildman–Crippen LogP) is 8.04. The minimum Gasteiger partial charge on any atom is -0.378 e. The van der Waals surface area contributed by atoms with Gasteiger partial charge in [-0.25, -0.2) is 0 Å². The van der Waals surface area contributed by atoms with Crippen LogP contribution in [0.1, 0.15) is 106 Å². The molecule has 0 amide bonds. The Bertz CT molecular complexity index is 605. The summed E-state index contributed by atoms with van der Waals surface area (Å²) >= 11 is 0. The van der Waals surface area contributed by atoms with E-state index in [0.29, 0.717) is 28.8 Å². The number of ether oxygens (including phenoxy) is 1. The van der Waals surface area contributed by atoms with Gasteiger partial charge in [0, 0.05) is 6.61 Å². The first-order valence-corrected chi connectivity index (χ1v) is 13.1. The molecule has 0 aromatic carbocycles. The normalized spacial score (nSPS) is 43.9. The highest BCUT2D eigenvalue weighted by Gasteiger charge is 2.58. The standard InChI is InChI=1S/C28H48O/c1-7-26(19(2)3)29-18-20(4)23-13-14-24-22-12-11-21-10-8-9-16-27(21,5)25(22)15-17-28(23,24)6/h11,19-20,22-26H,7-10,12-18H2,1-6H3. The highest BCUT2D eigenvalue weighted by Crippen LogP contribution is 2.67. The average Bonchev–Trinajstić information content (AvgIpc) is 3.05. The lowest BCUT2D eigenvalue weighted by Gasteiger charge is -2.58. The van der Waals surface area contributed by atoms with E-state index in [1.807, 2.05) is 5.57 Å². The van der Waals surface area contributed by atoms with E-state index >= 15 is 0 Å². The van der Waals surface area contributed by atoms with E-state index in [1.54, 1.807) is 0 Å². The van der Waals surface area contributed by atoms with E-state index < -0.39 is 0 Å². The van der Waals surface area contributed by atoms with Gasteiger partial charge in [-0.15, -0.1) is 0 Å². The molecule has 3 saturated carbocycles. The van der Waals surface area contributed by atoms with E-state index in [2.05, 4.69) is 47.6 Å². The maximum Gasteiger partial charge on any atom is 0.0595 e. The first-order chi connectivity index (χ1) is 13.8. The van der Waals surface area contributed by atoms with E-state index in [4.69, 9.17) is 4.74 Å². The lowest BCUT2D eigenvalue weighted by atomic mass is 9.47. The highest BCUT2D eigenvalue weighted by molar-refractivity contribution is 5.24. The van der Waals surface area contributed by atoms with Crippen molar-refractivity contribution in [3.05, 3.63) is 11.6 Å². The summed E-state index contributed by atoms with van der Waals surface area (Å²) in [5.74, 6) is 5.08. The largest absolute Gasteiger partial charge is 0.378 e. The first-order valence-electron chi connectivity index (χ1n) is 13.1. The fourth-order valence-electron chi connectivity index (χ4n) is 8.85. The molecule has 0 N–H and O–H groups in total. The van der Waals surface area contributed by atoms with Gasteiger partial charge in [-0.3, -0.25) is 0 Å². The van der Waals surface area contributed by atoms with Crippen molar-refractivity contribution in [3.63, 3.8) is 0 Å². The number of hydrogen-bond donors (Lipinski definition) is 0. The van der Waals surface area contributed by atoms with Gasteiger partial charge in [0.05, 0.1) is 6.10 Å². The van der Waals surface area contributed by atoms with Gasteiger partial charge in [-0.05, 0) is 104 Å². The number of fused-ring (bicyclic) bond motifs is 5. The SMILES string of the molecule is CCC(OCC(C)C1CCC2C3CC=C4CCCCC4(C)C3CCC12C)C(C)C. The van der Waals surface area contributed by atoms with Gasteiger partial charge in [0.2, 0.25) is 0 Å². The zero-order valence-electron chi connectivity index (χ0n) is 20.3. The second-order valence-corrected chi connectivity index (χ2v) is 12.2. The summed E-state index contributed by atoms with van der Waals surface area (Å²) in [7, 11) is 0. The molecule has 4 aliphatic rings. The molecule has 3 fully saturated rings. The van der Waals surface area contributed by atoms with Gasteiger partial charge in [-0.1, -0.05) is 59.6 Å². The minimum absolute atomic E-state index is 0.436. The fraction of sp³-hybridized carbons (Fsp3) is 0.929. The Morgan fingerprint density at radius 2 is 1.83 bits per heavy atom. The third-order valence-electron chi connectivity index (χ3n) is 10.5. The van der Waals surface area contributed by atoms with Gasteiger partial charge < -0.3 is 4.74 Å². The minimum atomic E-state index is 0.436. The Morgan fingerprint density at radius 1 is 1.03 bits per heavy atom. The van der Waals surface area contributed by atoms with Crippen molar-refractivity contribution in [3.8, 4) is 0 Å². The summed E-state index contributed by atoms with van der Waals surface area (Å²) in [5.41, 5.74) is 2.95. The molecule has 0 spiro atoms. The van der Waals surface area contributed by atoms with Crippen molar-refractivity contribution in [1.29, 1.82) is 0 Å². The van der Waals surface area contributed by atoms with Gasteiger partial charge in [0.1, 0.15) is 0 Å². The van der Waals surface area contributed by atoms with Crippen molar-refractivity contribution >= 4 is 0 Å². The van der Waals surface area contributed by atoms with Crippen molar-refractivity contribution in [2.75, 3.05) is 6.61 Å². The lowest BCUT2D eigenvalue weighted by Crippen LogP contribution is -2.50. The molecule has 0 aliphatic heterocycles. The Kier molecular flexibility index (Phi) is 6.29. The van der Waals surface area contributed by atoms with Crippen molar-refractivity contribution in [2.45, 2.75) is 112 Å². The van der Waals surface area contributed by atoms with Crippen LogP contribution in [0, 0.1) is 46.3 Å². The monoisotopic (exact) mass is 400 g/mol. The quantitative estimate of drug-likeness (QED) is 0.410. The summed E-state index contributed by atoms with van der Waals surface area (Å²) in [4.78, 5) is 0. The van der Waals surface area contributed by atoms with Crippen LogP contribution in [0.3, 0.4) is 0 Å². The Labute approximate surface area is 181 Å². The van der Waals surface area contributed by atoms with Crippen LogP contribution in [0.4, 0.5) is 0 Å². The van der Waals surface area contributed by atoms with Crippen LogP contribution in [0.25, 0.3) is 0 Å². The zero-order valence-corrected chi connectivity index (χ0v) is 20.3. The molecule has 0 heterocycles. The summed E-state index contributed by atoms with van der Waals surface area (Å²) < 4.78 is 6.44. The van der Waals surface area contributed by atoms with Crippen LogP contribution in [-0.4, -0.2) is 12.7 Å². The average molecular weight is 401 g/mol.